The molecule has 1 aromatic carbocycles. The summed E-state index contributed by atoms with van der Waals surface area (Å²) >= 11 is 1.10. The molecule has 0 saturated carbocycles. The summed E-state index contributed by atoms with van der Waals surface area (Å²) in [6.45, 7) is 5.85. The van der Waals surface area contributed by atoms with Crippen LogP contribution in [-0.2, 0) is 4.74 Å². The third-order valence-corrected chi connectivity index (χ3v) is 3.73. The minimum absolute atomic E-state index is 0.184. The van der Waals surface area contributed by atoms with Crippen molar-refractivity contribution in [3.8, 4) is 0 Å². The van der Waals surface area contributed by atoms with Crippen LogP contribution in [0.2, 0.25) is 0 Å². The predicted molar refractivity (Wildman–Crippen MR) is 81.9 cm³/mol. The molecular formula is C15H16N2O3S. The second kappa shape index (κ2) is 6.49. The molecule has 0 aliphatic heterocycles. The van der Waals surface area contributed by atoms with Gasteiger partial charge in [0.25, 0.3) is 5.91 Å². The molecule has 0 fully saturated rings. The molecule has 110 valence electrons. The zero-order chi connectivity index (χ0) is 15.4. The third-order valence-electron chi connectivity index (χ3n) is 2.91. The van der Waals surface area contributed by atoms with Crippen molar-refractivity contribution >= 4 is 28.9 Å². The van der Waals surface area contributed by atoms with Gasteiger partial charge in [0.1, 0.15) is 5.69 Å². The van der Waals surface area contributed by atoms with Crippen LogP contribution in [0.3, 0.4) is 0 Å². The third kappa shape index (κ3) is 3.46. The molecule has 0 aliphatic carbocycles. The Morgan fingerprint density at radius 1 is 1.29 bits per heavy atom. The Balaban J connectivity index is 2.16. The van der Waals surface area contributed by atoms with Crippen molar-refractivity contribution in [3.63, 3.8) is 0 Å². The highest BCUT2D eigenvalue weighted by atomic mass is 32.1. The lowest BCUT2D eigenvalue weighted by Crippen LogP contribution is -2.15. The normalized spacial score (nSPS) is 10.2. The van der Waals surface area contributed by atoms with E-state index in [0.29, 0.717) is 0 Å². The summed E-state index contributed by atoms with van der Waals surface area (Å²) in [5, 5.41) is 4.57. The van der Waals surface area contributed by atoms with E-state index < -0.39 is 5.97 Å². The van der Waals surface area contributed by atoms with Crippen LogP contribution in [0.4, 0.5) is 5.69 Å². The first-order chi connectivity index (χ1) is 10.0. The molecule has 0 spiro atoms. The molecule has 0 unspecified atom stereocenters. The number of aromatic nitrogens is 1. The maximum absolute atomic E-state index is 12.2. The summed E-state index contributed by atoms with van der Waals surface area (Å²) in [7, 11) is 0. The van der Waals surface area contributed by atoms with E-state index in [2.05, 4.69) is 10.3 Å². The van der Waals surface area contributed by atoms with Gasteiger partial charge in [-0.25, -0.2) is 9.78 Å². The van der Waals surface area contributed by atoms with Crippen molar-refractivity contribution in [2.75, 3.05) is 11.9 Å². The summed E-state index contributed by atoms with van der Waals surface area (Å²) < 4.78 is 4.85. The molecule has 1 N–H and O–H groups in total. The van der Waals surface area contributed by atoms with Gasteiger partial charge < -0.3 is 10.1 Å². The fourth-order valence-corrected chi connectivity index (χ4v) is 2.54. The van der Waals surface area contributed by atoms with Crippen LogP contribution in [0.1, 0.15) is 38.3 Å². The first-order valence-corrected chi connectivity index (χ1v) is 7.41. The minimum Gasteiger partial charge on any atom is -0.461 e. The number of ether oxygens (including phenoxy) is 1. The lowest BCUT2D eigenvalue weighted by atomic mass is 10.1. The number of nitrogens with one attached hydrogen (secondary N) is 1. The van der Waals surface area contributed by atoms with E-state index in [4.69, 9.17) is 4.74 Å². The van der Waals surface area contributed by atoms with E-state index in [1.165, 1.54) is 0 Å². The molecule has 2 aromatic rings. The second-order valence-electron chi connectivity index (χ2n) is 4.48. The number of nitrogens with zero attached hydrogens (tertiary/aromatic N) is 1. The lowest BCUT2D eigenvalue weighted by molar-refractivity contribution is 0.0526. The molecule has 0 atom stereocenters. The largest absolute Gasteiger partial charge is 0.461 e. The van der Waals surface area contributed by atoms with Gasteiger partial charge in [-0.3, -0.25) is 4.79 Å². The number of carbonyl (C=O) groups excluding carboxylic acids is 2. The Labute approximate surface area is 127 Å². The summed E-state index contributed by atoms with van der Waals surface area (Å²) in [6.07, 6.45) is 0. The summed E-state index contributed by atoms with van der Waals surface area (Å²) in [5.74, 6) is -0.840. The van der Waals surface area contributed by atoms with Gasteiger partial charge in [0, 0.05) is 11.1 Å². The van der Waals surface area contributed by atoms with Crippen LogP contribution in [0.25, 0.3) is 0 Å². The van der Waals surface area contributed by atoms with Crippen LogP contribution in [0, 0.1) is 13.8 Å². The van der Waals surface area contributed by atoms with Gasteiger partial charge in [0.05, 0.1) is 6.61 Å². The van der Waals surface area contributed by atoms with Crippen molar-refractivity contribution < 1.29 is 14.3 Å². The number of para-hydroxylation sites is 1. The highest BCUT2D eigenvalue weighted by Gasteiger charge is 2.17. The molecule has 0 saturated heterocycles. The molecule has 1 amide bonds. The second-order valence-corrected chi connectivity index (χ2v) is 5.34. The van der Waals surface area contributed by atoms with Gasteiger partial charge in [-0.2, -0.15) is 0 Å². The number of aryl methyl sites for hydroxylation is 2. The maximum Gasteiger partial charge on any atom is 0.367 e. The molecule has 0 bridgehead atoms. The topological polar surface area (TPSA) is 68.3 Å². The zero-order valence-electron chi connectivity index (χ0n) is 12.1. The Bertz CT molecular complexity index is 659. The lowest BCUT2D eigenvalue weighted by Gasteiger charge is -2.10. The van der Waals surface area contributed by atoms with E-state index in [0.717, 1.165) is 28.2 Å². The summed E-state index contributed by atoms with van der Waals surface area (Å²) in [6, 6.07) is 5.78. The van der Waals surface area contributed by atoms with Crippen molar-refractivity contribution in [2.24, 2.45) is 0 Å². The minimum atomic E-state index is -0.506. The smallest absolute Gasteiger partial charge is 0.367 e. The molecule has 0 radical (unpaired) electrons. The van der Waals surface area contributed by atoms with E-state index >= 15 is 0 Å². The quantitative estimate of drug-likeness (QED) is 0.881. The van der Waals surface area contributed by atoms with Gasteiger partial charge in [-0.1, -0.05) is 18.2 Å². The van der Waals surface area contributed by atoms with Crippen molar-refractivity contribution in [2.45, 2.75) is 20.8 Å². The number of amides is 1. The number of hydrogen-bond donors (Lipinski definition) is 1. The zero-order valence-corrected chi connectivity index (χ0v) is 12.9. The standard InChI is InChI=1S/C15H16N2O3S/c1-4-20-15(19)14-16-11(8-21-14)13(18)17-12-9(2)6-5-7-10(12)3/h5-8H,4H2,1-3H3,(H,17,18). The number of carbonyl (C=O) groups is 2. The molecule has 1 aromatic heterocycles. The van der Waals surface area contributed by atoms with Crippen LogP contribution >= 0.6 is 11.3 Å². The average molecular weight is 304 g/mol. The number of esters is 1. The van der Waals surface area contributed by atoms with Gasteiger partial charge in [-0.05, 0) is 31.9 Å². The van der Waals surface area contributed by atoms with Crippen LogP contribution in [-0.4, -0.2) is 23.5 Å². The van der Waals surface area contributed by atoms with Gasteiger partial charge in [0.2, 0.25) is 5.01 Å². The maximum atomic E-state index is 12.2. The van der Waals surface area contributed by atoms with Crippen molar-refractivity contribution in [1.82, 2.24) is 4.98 Å². The molecular weight excluding hydrogens is 288 g/mol. The highest BCUT2D eigenvalue weighted by Crippen LogP contribution is 2.21. The van der Waals surface area contributed by atoms with Gasteiger partial charge >= 0.3 is 5.97 Å². The number of benzene rings is 1. The van der Waals surface area contributed by atoms with E-state index in [1.54, 1.807) is 12.3 Å². The van der Waals surface area contributed by atoms with Gasteiger partial charge in [-0.15, -0.1) is 11.3 Å². The first-order valence-electron chi connectivity index (χ1n) is 6.53. The molecule has 2 rings (SSSR count). The highest BCUT2D eigenvalue weighted by molar-refractivity contribution is 7.11. The number of anilines is 1. The average Bonchev–Trinajstić information content (AvgIpc) is 2.93. The molecule has 0 aliphatic rings. The van der Waals surface area contributed by atoms with Crippen LogP contribution in [0.15, 0.2) is 23.6 Å². The van der Waals surface area contributed by atoms with Crippen molar-refractivity contribution in [1.29, 1.82) is 0 Å². The number of thiazole rings is 1. The summed E-state index contributed by atoms with van der Waals surface area (Å²) in [5.41, 5.74) is 2.94. The number of hydrogen-bond acceptors (Lipinski definition) is 5. The molecule has 21 heavy (non-hydrogen) atoms. The van der Waals surface area contributed by atoms with Crippen molar-refractivity contribution in [3.05, 3.63) is 45.4 Å². The van der Waals surface area contributed by atoms with Crippen LogP contribution in [0.5, 0.6) is 0 Å². The van der Waals surface area contributed by atoms with E-state index in [1.807, 2.05) is 32.0 Å². The SMILES string of the molecule is CCOC(=O)c1nc(C(=O)Nc2c(C)cccc2C)cs1. The van der Waals surface area contributed by atoms with E-state index in [-0.39, 0.29) is 23.2 Å². The Morgan fingerprint density at radius 3 is 2.57 bits per heavy atom. The summed E-state index contributed by atoms with van der Waals surface area (Å²) in [4.78, 5) is 27.8. The number of rotatable bonds is 4. The fourth-order valence-electron chi connectivity index (χ4n) is 1.85. The Morgan fingerprint density at radius 2 is 1.95 bits per heavy atom. The monoisotopic (exact) mass is 304 g/mol. The predicted octanol–water partition coefficient (Wildman–Crippen LogP) is 3.19. The van der Waals surface area contributed by atoms with Crippen LogP contribution < -0.4 is 5.32 Å². The Hall–Kier alpha value is -2.21. The molecule has 6 heteroatoms. The first kappa shape index (κ1) is 15.2. The fraction of sp³-hybridized carbons (Fsp3) is 0.267. The molecule has 5 nitrogen and oxygen atoms in total. The Kier molecular flexibility index (Phi) is 4.70. The van der Waals surface area contributed by atoms with E-state index in [9.17, 15) is 9.59 Å². The van der Waals surface area contributed by atoms with Gasteiger partial charge in [0.15, 0.2) is 0 Å². The molecule has 1 heterocycles.